The van der Waals surface area contributed by atoms with Gasteiger partial charge in [0.15, 0.2) is 0 Å². The van der Waals surface area contributed by atoms with E-state index in [9.17, 15) is 37.0 Å². The topological polar surface area (TPSA) is 57.5 Å². The van der Waals surface area contributed by atoms with Gasteiger partial charge in [-0.1, -0.05) is 30.3 Å². The number of ketones is 1. The maximum atomic E-state index is 14.8. The van der Waals surface area contributed by atoms with Crippen molar-refractivity contribution < 1.29 is 37.0 Å². The summed E-state index contributed by atoms with van der Waals surface area (Å²) < 4.78 is 68.8. The quantitative estimate of drug-likeness (QED) is 0.420. The van der Waals surface area contributed by atoms with Crippen LogP contribution in [-0.2, 0) is 28.7 Å². The summed E-state index contributed by atoms with van der Waals surface area (Å²) in [5.74, 6) is -0.400. The van der Waals surface area contributed by atoms with E-state index in [-0.39, 0.29) is 48.8 Å². The zero-order chi connectivity index (χ0) is 27.5. The monoisotopic (exact) mass is 536 g/mol. The predicted octanol–water partition coefficient (Wildman–Crippen LogP) is 6.12. The molecule has 206 valence electrons. The molecule has 2 fully saturated rings. The maximum absolute atomic E-state index is 14.8. The molecule has 0 spiro atoms. The second-order valence-electron chi connectivity index (χ2n) is 11.9. The van der Waals surface area contributed by atoms with Gasteiger partial charge < -0.3 is 10.2 Å². The highest BCUT2D eigenvalue weighted by molar-refractivity contribution is 5.82. The first-order valence-corrected chi connectivity index (χ1v) is 13.3. The molecule has 2 N–H and O–H groups in total. The molecule has 3 nitrogen and oxygen atoms in total. The first kappa shape index (κ1) is 27.3. The van der Waals surface area contributed by atoms with Crippen molar-refractivity contribution in [3.05, 3.63) is 70.5 Å². The summed E-state index contributed by atoms with van der Waals surface area (Å²) >= 11 is 0. The van der Waals surface area contributed by atoms with E-state index in [0.29, 0.717) is 38.2 Å². The standard InChI is InChI=1S/C30H33F5O3/c1-27(32,30(33,34)35)22-5-9-25-19(12-22)4-8-24-20(13-26(37)21-15-28(38,16-21)17-36)10-11-29(24,25)14-18-2-6-23(31)7-3-18/h2-3,5-7,9,12,20-21,24,36,38H,4,8,10-11,13-17H2,1H3/t20-,21?,24-,27?,28?,29-/m0/s1. The Bertz CT molecular complexity index is 1200. The number of Topliss-reactive ketones (excluding diaryl/α,β-unsaturated/α-hetero) is 1. The molecule has 2 aromatic rings. The number of benzene rings is 2. The summed E-state index contributed by atoms with van der Waals surface area (Å²) in [7, 11) is 0. The van der Waals surface area contributed by atoms with E-state index >= 15 is 0 Å². The number of hydrogen-bond acceptors (Lipinski definition) is 3. The Balaban J connectivity index is 1.47. The second-order valence-corrected chi connectivity index (χ2v) is 11.9. The number of aliphatic hydroxyl groups excluding tert-OH is 1. The summed E-state index contributed by atoms with van der Waals surface area (Å²) in [5, 5.41) is 19.4. The van der Waals surface area contributed by atoms with Crippen molar-refractivity contribution in [2.75, 3.05) is 6.61 Å². The number of aryl methyl sites for hydroxylation is 1. The molecule has 8 heteroatoms. The molecule has 0 amide bonds. The molecule has 1 unspecified atom stereocenters. The number of aliphatic hydroxyl groups is 2. The minimum absolute atomic E-state index is 0.0696. The van der Waals surface area contributed by atoms with E-state index in [1.807, 2.05) is 0 Å². The first-order chi connectivity index (χ1) is 17.8. The van der Waals surface area contributed by atoms with Gasteiger partial charge in [0.1, 0.15) is 11.6 Å². The normalized spacial score (nSPS) is 32.2. The number of alkyl halides is 4. The van der Waals surface area contributed by atoms with Gasteiger partial charge in [0.2, 0.25) is 5.67 Å². The third-order valence-electron chi connectivity index (χ3n) is 9.58. The Morgan fingerprint density at radius 3 is 2.37 bits per heavy atom. The van der Waals surface area contributed by atoms with Crippen molar-refractivity contribution in [2.24, 2.45) is 17.8 Å². The zero-order valence-electron chi connectivity index (χ0n) is 21.3. The molecule has 4 atom stereocenters. The Morgan fingerprint density at radius 2 is 1.74 bits per heavy atom. The molecule has 0 aromatic heterocycles. The van der Waals surface area contributed by atoms with Crippen LogP contribution in [0.25, 0.3) is 0 Å². The smallest absolute Gasteiger partial charge is 0.393 e. The number of hydrogen-bond donors (Lipinski definition) is 2. The van der Waals surface area contributed by atoms with Gasteiger partial charge in [-0.2, -0.15) is 13.2 Å². The number of halogens is 5. The van der Waals surface area contributed by atoms with Gasteiger partial charge >= 0.3 is 6.18 Å². The van der Waals surface area contributed by atoms with E-state index in [1.54, 1.807) is 18.2 Å². The molecular weight excluding hydrogens is 503 g/mol. The largest absolute Gasteiger partial charge is 0.426 e. The fourth-order valence-corrected chi connectivity index (χ4v) is 7.35. The van der Waals surface area contributed by atoms with Crippen molar-refractivity contribution in [3.8, 4) is 0 Å². The molecule has 0 saturated heterocycles. The first-order valence-electron chi connectivity index (χ1n) is 13.3. The third-order valence-corrected chi connectivity index (χ3v) is 9.58. The predicted molar refractivity (Wildman–Crippen MR) is 132 cm³/mol. The zero-order valence-corrected chi connectivity index (χ0v) is 21.3. The van der Waals surface area contributed by atoms with Crippen LogP contribution >= 0.6 is 0 Å². The summed E-state index contributed by atoms with van der Waals surface area (Å²) in [4.78, 5) is 13.1. The maximum Gasteiger partial charge on any atom is 0.426 e. The molecule has 2 saturated carbocycles. The van der Waals surface area contributed by atoms with Crippen LogP contribution in [0.4, 0.5) is 22.0 Å². The molecule has 3 aliphatic carbocycles. The summed E-state index contributed by atoms with van der Waals surface area (Å²) in [6, 6.07) is 10.4. The Kier molecular flexibility index (Phi) is 6.74. The van der Waals surface area contributed by atoms with Crippen LogP contribution in [0.2, 0.25) is 0 Å². The van der Waals surface area contributed by atoms with Gasteiger partial charge in [0.25, 0.3) is 0 Å². The average Bonchev–Trinajstić information content (AvgIpc) is 3.20. The highest BCUT2D eigenvalue weighted by atomic mass is 19.4. The van der Waals surface area contributed by atoms with E-state index in [0.717, 1.165) is 24.0 Å². The minimum atomic E-state index is -5.03. The lowest BCUT2D eigenvalue weighted by atomic mass is 9.59. The summed E-state index contributed by atoms with van der Waals surface area (Å²) in [5.41, 5.74) is -3.01. The van der Waals surface area contributed by atoms with Gasteiger partial charge in [-0.05, 0) is 98.1 Å². The van der Waals surface area contributed by atoms with Crippen LogP contribution in [0.1, 0.15) is 67.7 Å². The van der Waals surface area contributed by atoms with Crippen LogP contribution in [0.15, 0.2) is 42.5 Å². The molecule has 38 heavy (non-hydrogen) atoms. The van der Waals surface area contributed by atoms with E-state index in [4.69, 9.17) is 0 Å². The van der Waals surface area contributed by atoms with Crippen molar-refractivity contribution in [2.45, 2.75) is 81.2 Å². The molecular formula is C30H33F5O3. The van der Waals surface area contributed by atoms with Crippen molar-refractivity contribution in [1.82, 2.24) is 0 Å². The third kappa shape index (κ3) is 4.57. The Labute approximate surface area is 219 Å². The second kappa shape index (κ2) is 9.40. The van der Waals surface area contributed by atoms with Crippen LogP contribution < -0.4 is 0 Å². The number of rotatable bonds is 7. The van der Waals surface area contributed by atoms with Gasteiger partial charge in [-0.25, -0.2) is 8.78 Å². The van der Waals surface area contributed by atoms with Crippen LogP contribution in [0.5, 0.6) is 0 Å². The highest BCUT2D eigenvalue weighted by Gasteiger charge is 2.56. The average molecular weight is 537 g/mol. The summed E-state index contributed by atoms with van der Waals surface area (Å²) in [6.07, 6.45) is -0.981. The van der Waals surface area contributed by atoms with Crippen LogP contribution in [0.3, 0.4) is 0 Å². The lowest BCUT2D eigenvalue weighted by Gasteiger charge is -2.45. The van der Waals surface area contributed by atoms with Crippen LogP contribution in [0, 0.1) is 23.6 Å². The molecule has 0 heterocycles. The van der Waals surface area contributed by atoms with Crippen molar-refractivity contribution in [1.29, 1.82) is 0 Å². The minimum Gasteiger partial charge on any atom is -0.393 e. The number of carbonyl (C=O) groups excluding carboxylic acids is 1. The lowest BCUT2D eigenvalue weighted by molar-refractivity contribution is -0.228. The Hall–Kier alpha value is -2.32. The molecule has 2 aromatic carbocycles. The molecule has 0 bridgehead atoms. The fourth-order valence-electron chi connectivity index (χ4n) is 7.35. The molecule has 0 radical (unpaired) electrons. The van der Waals surface area contributed by atoms with E-state index in [2.05, 4.69) is 0 Å². The molecule has 5 rings (SSSR count). The molecule has 3 aliphatic rings. The summed E-state index contributed by atoms with van der Waals surface area (Å²) in [6.45, 7) is 0.179. The van der Waals surface area contributed by atoms with E-state index in [1.165, 1.54) is 24.3 Å². The SMILES string of the molecule is CC(F)(c1ccc2c(c1)CC[C@H]1[C@H](CC(=O)C3CC(O)(CO)C3)CC[C@@]21Cc1ccc(F)cc1)C(F)(F)F. The van der Waals surface area contributed by atoms with E-state index < -0.39 is 28.4 Å². The van der Waals surface area contributed by atoms with Gasteiger partial charge in [0, 0.05) is 17.8 Å². The van der Waals surface area contributed by atoms with Gasteiger partial charge in [-0.15, -0.1) is 0 Å². The number of carbonyl (C=O) groups is 1. The van der Waals surface area contributed by atoms with Gasteiger partial charge in [-0.3, -0.25) is 4.79 Å². The van der Waals surface area contributed by atoms with Gasteiger partial charge in [0.05, 0.1) is 12.2 Å². The fraction of sp³-hybridized carbons (Fsp3) is 0.567. The van der Waals surface area contributed by atoms with Crippen molar-refractivity contribution in [3.63, 3.8) is 0 Å². The Morgan fingerprint density at radius 1 is 1.05 bits per heavy atom. The molecule has 0 aliphatic heterocycles. The highest BCUT2D eigenvalue weighted by Crippen LogP contribution is 2.58. The van der Waals surface area contributed by atoms with Crippen LogP contribution in [-0.4, -0.2) is 34.4 Å². The lowest BCUT2D eigenvalue weighted by Crippen LogP contribution is -2.50. The van der Waals surface area contributed by atoms with Crippen molar-refractivity contribution >= 4 is 5.78 Å². The number of fused-ring (bicyclic) bond motifs is 3.